The zero-order valence-electron chi connectivity index (χ0n) is 10.7. The maximum Gasteiger partial charge on any atom is 0.327 e. The Bertz CT molecular complexity index is 390. The number of hydrogen-bond acceptors (Lipinski definition) is 4. The molecule has 4 nitrogen and oxygen atoms in total. The molecule has 4 heteroatoms. The lowest BCUT2D eigenvalue weighted by atomic mass is 9.61. The predicted molar refractivity (Wildman–Crippen MR) is 61.1 cm³/mol. The molecule has 94 valence electrons. The summed E-state index contributed by atoms with van der Waals surface area (Å²) in [6.07, 6.45) is 3.28. The maximum absolute atomic E-state index is 11.9. The minimum absolute atomic E-state index is 0.0917. The molecule has 0 amide bonds. The van der Waals surface area contributed by atoms with Crippen LogP contribution in [0.1, 0.15) is 26.7 Å². The molecular formula is C13H18O4. The first-order chi connectivity index (χ1) is 7.87. The van der Waals surface area contributed by atoms with Crippen molar-refractivity contribution in [1.82, 2.24) is 0 Å². The smallest absolute Gasteiger partial charge is 0.327 e. The SMILES string of the molecule is COC(=O)C1(C(=O)OC)C=C2C(CC2(C)C)C1. The molecule has 1 fully saturated rings. The second kappa shape index (κ2) is 3.59. The lowest BCUT2D eigenvalue weighted by molar-refractivity contribution is -0.165. The van der Waals surface area contributed by atoms with E-state index in [-0.39, 0.29) is 5.41 Å². The number of hydrogen-bond donors (Lipinski definition) is 0. The zero-order valence-corrected chi connectivity index (χ0v) is 10.7. The van der Waals surface area contributed by atoms with Gasteiger partial charge in [-0.15, -0.1) is 0 Å². The van der Waals surface area contributed by atoms with Gasteiger partial charge in [0.2, 0.25) is 0 Å². The Kier molecular flexibility index (Phi) is 2.56. The van der Waals surface area contributed by atoms with Gasteiger partial charge in [0.05, 0.1) is 14.2 Å². The lowest BCUT2D eigenvalue weighted by Gasteiger charge is -2.43. The second-order valence-electron chi connectivity index (χ2n) is 5.54. The highest BCUT2D eigenvalue weighted by Crippen LogP contribution is 2.60. The Morgan fingerprint density at radius 1 is 1.18 bits per heavy atom. The summed E-state index contributed by atoms with van der Waals surface area (Å²) in [5, 5.41) is 0. The van der Waals surface area contributed by atoms with Gasteiger partial charge in [-0.05, 0) is 24.2 Å². The van der Waals surface area contributed by atoms with Crippen molar-refractivity contribution in [1.29, 1.82) is 0 Å². The van der Waals surface area contributed by atoms with Crippen molar-refractivity contribution in [3.63, 3.8) is 0 Å². The van der Waals surface area contributed by atoms with Gasteiger partial charge in [0, 0.05) is 0 Å². The molecule has 0 heterocycles. The van der Waals surface area contributed by atoms with E-state index < -0.39 is 17.4 Å². The highest BCUT2D eigenvalue weighted by Gasteiger charge is 2.59. The van der Waals surface area contributed by atoms with E-state index in [0.717, 1.165) is 6.42 Å². The summed E-state index contributed by atoms with van der Waals surface area (Å²) in [6, 6.07) is 0. The molecule has 0 aliphatic heterocycles. The van der Waals surface area contributed by atoms with Crippen LogP contribution in [0.3, 0.4) is 0 Å². The summed E-state index contributed by atoms with van der Waals surface area (Å²) in [7, 11) is 2.60. The highest BCUT2D eigenvalue weighted by molar-refractivity contribution is 6.03. The lowest BCUT2D eigenvalue weighted by Crippen LogP contribution is -2.39. The van der Waals surface area contributed by atoms with Crippen LogP contribution in [0.25, 0.3) is 0 Å². The summed E-state index contributed by atoms with van der Waals surface area (Å²) in [4.78, 5) is 23.8. The average molecular weight is 238 g/mol. The number of rotatable bonds is 2. The predicted octanol–water partition coefficient (Wildman–Crippen LogP) is 1.69. The van der Waals surface area contributed by atoms with Crippen molar-refractivity contribution >= 4 is 11.9 Å². The molecule has 0 spiro atoms. The molecule has 2 aliphatic carbocycles. The van der Waals surface area contributed by atoms with Crippen molar-refractivity contribution in [2.45, 2.75) is 26.7 Å². The fourth-order valence-corrected chi connectivity index (χ4v) is 3.21. The van der Waals surface area contributed by atoms with Gasteiger partial charge in [0.1, 0.15) is 0 Å². The van der Waals surface area contributed by atoms with Crippen molar-refractivity contribution in [3.05, 3.63) is 11.6 Å². The van der Waals surface area contributed by atoms with Crippen molar-refractivity contribution in [2.75, 3.05) is 14.2 Å². The van der Waals surface area contributed by atoms with Gasteiger partial charge in [-0.2, -0.15) is 0 Å². The quantitative estimate of drug-likeness (QED) is 0.417. The van der Waals surface area contributed by atoms with Crippen LogP contribution < -0.4 is 0 Å². The van der Waals surface area contributed by atoms with E-state index in [4.69, 9.17) is 9.47 Å². The Morgan fingerprint density at radius 2 is 1.71 bits per heavy atom. The molecular weight excluding hydrogens is 220 g/mol. The molecule has 2 rings (SSSR count). The van der Waals surface area contributed by atoms with Gasteiger partial charge in [0.25, 0.3) is 0 Å². The van der Waals surface area contributed by atoms with Crippen LogP contribution in [0.2, 0.25) is 0 Å². The minimum Gasteiger partial charge on any atom is -0.468 e. The molecule has 1 unspecified atom stereocenters. The zero-order chi connectivity index (χ0) is 12.8. The fourth-order valence-electron chi connectivity index (χ4n) is 3.21. The van der Waals surface area contributed by atoms with E-state index in [1.807, 2.05) is 0 Å². The minimum atomic E-state index is -1.21. The van der Waals surface area contributed by atoms with Crippen molar-refractivity contribution in [3.8, 4) is 0 Å². The third kappa shape index (κ3) is 1.50. The first-order valence-corrected chi connectivity index (χ1v) is 5.77. The Morgan fingerprint density at radius 3 is 2.06 bits per heavy atom. The number of esters is 2. The van der Waals surface area contributed by atoms with Crippen molar-refractivity contribution < 1.29 is 19.1 Å². The van der Waals surface area contributed by atoms with E-state index in [9.17, 15) is 9.59 Å². The van der Waals surface area contributed by atoms with Crippen LogP contribution >= 0.6 is 0 Å². The third-order valence-corrected chi connectivity index (χ3v) is 4.05. The Hall–Kier alpha value is -1.32. The normalized spacial score (nSPS) is 27.5. The van der Waals surface area contributed by atoms with E-state index in [0.29, 0.717) is 12.3 Å². The Balaban J connectivity index is 2.39. The molecule has 1 atom stereocenters. The molecule has 0 aromatic carbocycles. The number of carbonyl (C=O) groups is 2. The number of methoxy groups -OCH3 is 2. The molecule has 0 aromatic heterocycles. The first-order valence-electron chi connectivity index (χ1n) is 5.77. The summed E-state index contributed by atoms with van der Waals surface area (Å²) < 4.78 is 9.54. The van der Waals surface area contributed by atoms with E-state index in [1.54, 1.807) is 6.08 Å². The van der Waals surface area contributed by atoms with Gasteiger partial charge in [-0.1, -0.05) is 25.5 Å². The van der Waals surface area contributed by atoms with E-state index >= 15 is 0 Å². The average Bonchev–Trinajstić information content (AvgIpc) is 2.63. The van der Waals surface area contributed by atoms with Gasteiger partial charge in [0.15, 0.2) is 5.41 Å². The number of carbonyl (C=O) groups excluding carboxylic acids is 2. The number of fused-ring (bicyclic) bond motifs is 1. The first kappa shape index (κ1) is 12.1. The number of ether oxygens (including phenoxy) is 2. The van der Waals surface area contributed by atoms with E-state index in [1.165, 1.54) is 19.8 Å². The monoisotopic (exact) mass is 238 g/mol. The van der Waals surface area contributed by atoms with Crippen LogP contribution in [-0.4, -0.2) is 26.2 Å². The fraction of sp³-hybridized carbons (Fsp3) is 0.692. The van der Waals surface area contributed by atoms with Crippen molar-refractivity contribution in [2.24, 2.45) is 16.7 Å². The van der Waals surface area contributed by atoms with Crippen LogP contribution in [0.4, 0.5) is 0 Å². The molecule has 0 bridgehead atoms. The largest absolute Gasteiger partial charge is 0.468 e. The Labute approximate surface area is 101 Å². The summed E-state index contributed by atoms with van der Waals surface area (Å²) in [5.41, 5.74) is 0.0689. The van der Waals surface area contributed by atoms with Crippen LogP contribution in [0.5, 0.6) is 0 Å². The van der Waals surface area contributed by atoms with Gasteiger partial charge >= 0.3 is 11.9 Å². The van der Waals surface area contributed by atoms with Crippen LogP contribution in [-0.2, 0) is 19.1 Å². The third-order valence-electron chi connectivity index (χ3n) is 4.05. The van der Waals surface area contributed by atoms with Gasteiger partial charge in [-0.3, -0.25) is 9.59 Å². The molecule has 0 aromatic rings. The number of allylic oxidation sites excluding steroid dienone is 1. The highest BCUT2D eigenvalue weighted by atomic mass is 16.5. The standard InChI is InChI=1S/C13H18O4/c1-12(2)5-8-6-13(7-9(8)12,10(14)16-3)11(15)17-4/h7-8H,5-6H2,1-4H3. The summed E-state index contributed by atoms with van der Waals surface area (Å²) >= 11 is 0. The van der Waals surface area contributed by atoms with Crippen LogP contribution in [0, 0.1) is 16.7 Å². The topological polar surface area (TPSA) is 52.6 Å². The molecule has 0 radical (unpaired) electrons. The maximum atomic E-state index is 11.9. The van der Waals surface area contributed by atoms with E-state index in [2.05, 4.69) is 13.8 Å². The van der Waals surface area contributed by atoms with Crippen LogP contribution in [0.15, 0.2) is 11.6 Å². The summed E-state index contributed by atoms with van der Waals surface area (Å²) in [5.74, 6) is -0.702. The molecule has 17 heavy (non-hydrogen) atoms. The van der Waals surface area contributed by atoms with Gasteiger partial charge in [-0.25, -0.2) is 0 Å². The molecule has 2 aliphatic rings. The van der Waals surface area contributed by atoms with Gasteiger partial charge < -0.3 is 9.47 Å². The molecule has 1 saturated carbocycles. The second-order valence-corrected chi connectivity index (χ2v) is 5.54. The molecule has 0 N–H and O–H groups in total. The molecule has 0 saturated heterocycles. The summed E-state index contributed by atoms with van der Waals surface area (Å²) in [6.45, 7) is 4.25.